The molecule has 3 atom stereocenters. The van der Waals surface area contributed by atoms with Crippen LogP contribution in [0.2, 0.25) is 0 Å². The van der Waals surface area contributed by atoms with E-state index in [1.54, 1.807) is 0 Å². The van der Waals surface area contributed by atoms with Gasteiger partial charge in [0.15, 0.2) is 0 Å². The first kappa shape index (κ1) is 12.3. The van der Waals surface area contributed by atoms with Crippen LogP contribution in [-0.2, 0) is 9.47 Å². The first-order valence-electron chi connectivity index (χ1n) is 6.80. The second kappa shape index (κ2) is 5.99. The van der Waals surface area contributed by atoms with Gasteiger partial charge < -0.3 is 14.8 Å². The Balaban J connectivity index is 1.85. The van der Waals surface area contributed by atoms with E-state index in [1.807, 2.05) is 0 Å². The van der Waals surface area contributed by atoms with Gasteiger partial charge in [0, 0.05) is 6.04 Å². The summed E-state index contributed by atoms with van der Waals surface area (Å²) in [6.07, 6.45) is 5.92. The van der Waals surface area contributed by atoms with E-state index in [2.05, 4.69) is 19.2 Å². The molecular formula is C13H25NO2. The van der Waals surface area contributed by atoms with Gasteiger partial charge in [-0.1, -0.05) is 20.3 Å². The maximum atomic E-state index is 6.14. The molecule has 0 aromatic rings. The Hall–Kier alpha value is -0.120. The number of nitrogens with one attached hydrogen (secondary N) is 1. The standard InChI is InChI=1S/C13H25NO2/c1-3-10-5-6-12(14-4-2)13(7-10)16-11-8-15-9-11/h10-14H,3-9H2,1-2H3. The average Bonchev–Trinajstić information content (AvgIpc) is 2.25. The van der Waals surface area contributed by atoms with Gasteiger partial charge in [-0.2, -0.15) is 0 Å². The normalized spacial score (nSPS) is 36.0. The van der Waals surface area contributed by atoms with Crippen LogP contribution >= 0.6 is 0 Å². The molecule has 3 nitrogen and oxygen atoms in total. The average molecular weight is 227 g/mol. The van der Waals surface area contributed by atoms with Gasteiger partial charge in [0.25, 0.3) is 0 Å². The van der Waals surface area contributed by atoms with Crippen LogP contribution in [-0.4, -0.2) is 38.0 Å². The zero-order valence-electron chi connectivity index (χ0n) is 10.6. The maximum absolute atomic E-state index is 6.14. The molecule has 16 heavy (non-hydrogen) atoms. The quantitative estimate of drug-likeness (QED) is 0.779. The smallest absolute Gasteiger partial charge is 0.105 e. The Morgan fingerprint density at radius 1 is 1.25 bits per heavy atom. The van der Waals surface area contributed by atoms with Gasteiger partial charge in [0.2, 0.25) is 0 Å². The van der Waals surface area contributed by atoms with E-state index < -0.39 is 0 Å². The number of rotatable bonds is 5. The summed E-state index contributed by atoms with van der Waals surface area (Å²) in [7, 11) is 0. The van der Waals surface area contributed by atoms with Crippen molar-refractivity contribution in [2.75, 3.05) is 19.8 Å². The molecule has 0 aromatic heterocycles. The molecule has 1 aliphatic carbocycles. The van der Waals surface area contributed by atoms with E-state index in [-0.39, 0.29) is 0 Å². The van der Waals surface area contributed by atoms with Crippen molar-refractivity contribution in [3.63, 3.8) is 0 Å². The minimum atomic E-state index is 0.363. The van der Waals surface area contributed by atoms with Gasteiger partial charge in [-0.25, -0.2) is 0 Å². The van der Waals surface area contributed by atoms with Gasteiger partial charge in [0.05, 0.1) is 19.3 Å². The lowest BCUT2D eigenvalue weighted by molar-refractivity contribution is -0.169. The highest BCUT2D eigenvalue weighted by Gasteiger charge is 2.33. The molecule has 0 aromatic carbocycles. The lowest BCUT2D eigenvalue weighted by Crippen LogP contribution is -2.50. The zero-order valence-corrected chi connectivity index (χ0v) is 10.6. The highest BCUT2D eigenvalue weighted by molar-refractivity contribution is 4.86. The Morgan fingerprint density at radius 2 is 2.06 bits per heavy atom. The summed E-state index contributed by atoms with van der Waals surface area (Å²) in [5, 5.41) is 3.57. The van der Waals surface area contributed by atoms with Crippen molar-refractivity contribution in [2.45, 2.75) is 57.8 Å². The first-order chi connectivity index (χ1) is 7.83. The van der Waals surface area contributed by atoms with Crippen LogP contribution in [0.1, 0.15) is 39.5 Å². The molecule has 1 N–H and O–H groups in total. The van der Waals surface area contributed by atoms with Gasteiger partial charge in [-0.05, 0) is 31.7 Å². The first-order valence-corrected chi connectivity index (χ1v) is 6.80. The molecule has 1 saturated heterocycles. The molecule has 2 aliphatic rings. The summed E-state index contributed by atoms with van der Waals surface area (Å²) < 4.78 is 11.3. The van der Waals surface area contributed by atoms with Gasteiger partial charge in [-0.3, -0.25) is 0 Å². The Kier molecular flexibility index (Phi) is 4.62. The van der Waals surface area contributed by atoms with Crippen molar-refractivity contribution in [2.24, 2.45) is 5.92 Å². The van der Waals surface area contributed by atoms with Crippen LogP contribution in [0.5, 0.6) is 0 Å². The number of ether oxygens (including phenoxy) is 2. The molecule has 1 aliphatic heterocycles. The fourth-order valence-electron chi connectivity index (χ4n) is 2.77. The number of hydrogen-bond acceptors (Lipinski definition) is 3. The van der Waals surface area contributed by atoms with Gasteiger partial charge in [-0.15, -0.1) is 0 Å². The van der Waals surface area contributed by atoms with E-state index in [0.717, 1.165) is 25.7 Å². The Labute approximate surface area is 98.9 Å². The summed E-state index contributed by atoms with van der Waals surface area (Å²) in [5.41, 5.74) is 0. The minimum absolute atomic E-state index is 0.363. The van der Waals surface area contributed by atoms with Crippen molar-refractivity contribution in [3.8, 4) is 0 Å². The minimum Gasteiger partial charge on any atom is -0.376 e. The van der Waals surface area contributed by atoms with Crippen LogP contribution in [0.15, 0.2) is 0 Å². The number of likely N-dealkylation sites (N-methyl/N-ethyl adjacent to an activating group) is 1. The fourth-order valence-corrected chi connectivity index (χ4v) is 2.77. The van der Waals surface area contributed by atoms with Crippen LogP contribution < -0.4 is 5.32 Å². The third-order valence-corrected chi connectivity index (χ3v) is 3.92. The van der Waals surface area contributed by atoms with Crippen molar-refractivity contribution in [1.29, 1.82) is 0 Å². The van der Waals surface area contributed by atoms with Crippen molar-refractivity contribution >= 4 is 0 Å². The van der Waals surface area contributed by atoms with Gasteiger partial charge >= 0.3 is 0 Å². The summed E-state index contributed by atoms with van der Waals surface area (Å²) in [4.78, 5) is 0. The Morgan fingerprint density at radius 3 is 2.62 bits per heavy atom. The topological polar surface area (TPSA) is 30.5 Å². The van der Waals surface area contributed by atoms with Crippen LogP contribution in [0.25, 0.3) is 0 Å². The molecule has 94 valence electrons. The molecule has 2 rings (SSSR count). The lowest BCUT2D eigenvalue weighted by atomic mass is 9.82. The highest BCUT2D eigenvalue weighted by atomic mass is 16.6. The van der Waals surface area contributed by atoms with Crippen molar-refractivity contribution in [1.82, 2.24) is 5.32 Å². The highest BCUT2D eigenvalue weighted by Crippen LogP contribution is 2.30. The third kappa shape index (κ3) is 2.96. The fraction of sp³-hybridized carbons (Fsp3) is 1.00. The predicted molar refractivity (Wildman–Crippen MR) is 64.6 cm³/mol. The summed E-state index contributed by atoms with van der Waals surface area (Å²) in [5.74, 6) is 0.862. The molecule has 3 heteroatoms. The molecular weight excluding hydrogens is 202 g/mol. The molecule has 0 spiro atoms. The van der Waals surface area contributed by atoms with E-state index in [4.69, 9.17) is 9.47 Å². The van der Waals surface area contributed by atoms with E-state index in [1.165, 1.54) is 25.7 Å². The van der Waals surface area contributed by atoms with E-state index in [0.29, 0.717) is 18.2 Å². The predicted octanol–water partition coefficient (Wildman–Crippen LogP) is 1.96. The van der Waals surface area contributed by atoms with Gasteiger partial charge in [0.1, 0.15) is 6.10 Å². The molecule has 0 radical (unpaired) electrons. The largest absolute Gasteiger partial charge is 0.376 e. The van der Waals surface area contributed by atoms with Crippen LogP contribution in [0.4, 0.5) is 0 Å². The van der Waals surface area contributed by atoms with Crippen LogP contribution in [0.3, 0.4) is 0 Å². The molecule has 0 bridgehead atoms. The summed E-state index contributed by atoms with van der Waals surface area (Å²) in [6, 6.07) is 0.563. The van der Waals surface area contributed by atoms with Crippen molar-refractivity contribution < 1.29 is 9.47 Å². The summed E-state index contributed by atoms with van der Waals surface area (Å²) >= 11 is 0. The summed E-state index contributed by atoms with van der Waals surface area (Å²) in [6.45, 7) is 7.11. The molecule has 0 amide bonds. The van der Waals surface area contributed by atoms with E-state index in [9.17, 15) is 0 Å². The zero-order chi connectivity index (χ0) is 11.4. The SMILES string of the molecule is CCNC1CCC(CC)CC1OC1COC1. The van der Waals surface area contributed by atoms with Crippen LogP contribution in [0, 0.1) is 5.92 Å². The monoisotopic (exact) mass is 227 g/mol. The lowest BCUT2D eigenvalue weighted by Gasteiger charge is -2.40. The second-order valence-corrected chi connectivity index (χ2v) is 5.09. The molecule has 2 fully saturated rings. The van der Waals surface area contributed by atoms with Crippen molar-refractivity contribution in [3.05, 3.63) is 0 Å². The maximum Gasteiger partial charge on any atom is 0.105 e. The molecule has 1 heterocycles. The number of hydrogen-bond donors (Lipinski definition) is 1. The van der Waals surface area contributed by atoms with E-state index >= 15 is 0 Å². The third-order valence-electron chi connectivity index (χ3n) is 3.92. The Bertz CT molecular complexity index is 204. The molecule has 3 unspecified atom stereocenters. The second-order valence-electron chi connectivity index (χ2n) is 5.09. The molecule has 1 saturated carbocycles.